The van der Waals surface area contributed by atoms with Gasteiger partial charge in [0.15, 0.2) is 0 Å². The molecule has 84 valence electrons. The normalized spacial score (nSPS) is 10.7. The molecule has 0 fully saturated rings. The van der Waals surface area contributed by atoms with Crippen molar-refractivity contribution in [3.63, 3.8) is 0 Å². The van der Waals surface area contributed by atoms with E-state index in [0.717, 1.165) is 28.2 Å². The van der Waals surface area contributed by atoms with Crippen LogP contribution in [0.5, 0.6) is 5.75 Å². The highest BCUT2D eigenvalue weighted by Gasteiger charge is 2.05. The number of benzene rings is 1. The van der Waals surface area contributed by atoms with E-state index in [1.54, 1.807) is 7.11 Å². The average molecular weight is 217 g/mol. The Bertz CT molecular complexity index is 511. The Morgan fingerprint density at radius 1 is 1.31 bits per heavy atom. The van der Waals surface area contributed by atoms with Crippen molar-refractivity contribution in [2.75, 3.05) is 13.7 Å². The van der Waals surface area contributed by atoms with Gasteiger partial charge in [0.25, 0.3) is 0 Å². The summed E-state index contributed by atoms with van der Waals surface area (Å²) in [6, 6.07) is 5.82. The average Bonchev–Trinajstić information content (AvgIpc) is 2.28. The summed E-state index contributed by atoms with van der Waals surface area (Å²) in [7, 11) is 1.65. The standard InChI is InChI=1S/C12H15N3O/c1-8-10-4-3-9(16-2)7-11(10)15-12(14-8)5-6-13/h3-4,7H,5-6,13H2,1-2H3. The summed E-state index contributed by atoms with van der Waals surface area (Å²) in [6.45, 7) is 2.55. The van der Waals surface area contributed by atoms with Crippen LogP contribution in [0.4, 0.5) is 0 Å². The monoisotopic (exact) mass is 217 g/mol. The Kier molecular flexibility index (Phi) is 3.01. The molecule has 4 nitrogen and oxygen atoms in total. The molecule has 16 heavy (non-hydrogen) atoms. The van der Waals surface area contributed by atoms with Gasteiger partial charge in [-0.3, -0.25) is 0 Å². The fraction of sp³-hybridized carbons (Fsp3) is 0.333. The Morgan fingerprint density at radius 2 is 2.12 bits per heavy atom. The number of hydrogen-bond donors (Lipinski definition) is 1. The molecule has 0 saturated carbocycles. The first-order chi connectivity index (χ1) is 7.74. The largest absolute Gasteiger partial charge is 0.497 e. The smallest absolute Gasteiger partial charge is 0.130 e. The quantitative estimate of drug-likeness (QED) is 0.845. The van der Waals surface area contributed by atoms with Gasteiger partial charge in [0, 0.05) is 23.6 Å². The Hall–Kier alpha value is -1.68. The summed E-state index contributed by atoms with van der Waals surface area (Å²) in [5.74, 6) is 1.60. The van der Waals surface area contributed by atoms with E-state index in [-0.39, 0.29) is 0 Å². The van der Waals surface area contributed by atoms with Crippen LogP contribution in [0.15, 0.2) is 18.2 Å². The van der Waals surface area contributed by atoms with Crippen LogP contribution in [0.25, 0.3) is 10.9 Å². The summed E-state index contributed by atoms with van der Waals surface area (Å²) >= 11 is 0. The van der Waals surface area contributed by atoms with Gasteiger partial charge in [-0.2, -0.15) is 0 Å². The highest BCUT2D eigenvalue weighted by molar-refractivity contribution is 5.82. The number of fused-ring (bicyclic) bond motifs is 1. The van der Waals surface area contributed by atoms with Crippen molar-refractivity contribution in [1.82, 2.24) is 9.97 Å². The lowest BCUT2D eigenvalue weighted by Crippen LogP contribution is -2.07. The van der Waals surface area contributed by atoms with E-state index in [4.69, 9.17) is 10.5 Å². The van der Waals surface area contributed by atoms with Crippen LogP contribution in [0.2, 0.25) is 0 Å². The third-order valence-electron chi connectivity index (χ3n) is 2.51. The topological polar surface area (TPSA) is 61.0 Å². The van der Waals surface area contributed by atoms with Gasteiger partial charge in [-0.1, -0.05) is 0 Å². The van der Waals surface area contributed by atoms with Crippen LogP contribution in [-0.4, -0.2) is 23.6 Å². The van der Waals surface area contributed by atoms with E-state index in [9.17, 15) is 0 Å². The van der Waals surface area contributed by atoms with Gasteiger partial charge >= 0.3 is 0 Å². The molecule has 0 aliphatic rings. The fourth-order valence-corrected chi connectivity index (χ4v) is 1.70. The molecular formula is C12H15N3O. The molecule has 2 aromatic rings. The molecular weight excluding hydrogens is 202 g/mol. The molecule has 1 aromatic carbocycles. The van der Waals surface area contributed by atoms with Gasteiger partial charge in [0.05, 0.1) is 12.6 Å². The lowest BCUT2D eigenvalue weighted by Gasteiger charge is -2.06. The van der Waals surface area contributed by atoms with Gasteiger partial charge in [-0.25, -0.2) is 9.97 Å². The number of ether oxygens (including phenoxy) is 1. The molecule has 0 unspecified atom stereocenters. The minimum absolute atomic E-state index is 0.564. The van der Waals surface area contributed by atoms with E-state index >= 15 is 0 Å². The van der Waals surface area contributed by atoms with Gasteiger partial charge in [0.2, 0.25) is 0 Å². The third kappa shape index (κ3) is 1.97. The number of aryl methyl sites for hydroxylation is 1. The van der Waals surface area contributed by atoms with Crippen molar-refractivity contribution in [3.8, 4) is 5.75 Å². The molecule has 0 saturated heterocycles. The molecule has 0 bridgehead atoms. The number of methoxy groups -OCH3 is 1. The summed E-state index contributed by atoms with van der Waals surface area (Å²) in [5, 5.41) is 1.06. The minimum atomic E-state index is 0.564. The van der Waals surface area contributed by atoms with Crippen molar-refractivity contribution in [2.45, 2.75) is 13.3 Å². The summed E-state index contributed by atoms with van der Waals surface area (Å²) in [5.41, 5.74) is 7.40. The second-order valence-corrected chi connectivity index (χ2v) is 3.65. The van der Waals surface area contributed by atoms with Crippen molar-refractivity contribution in [2.24, 2.45) is 5.73 Å². The number of hydrogen-bond acceptors (Lipinski definition) is 4. The molecule has 0 amide bonds. The molecule has 0 radical (unpaired) electrons. The molecule has 4 heteroatoms. The highest BCUT2D eigenvalue weighted by Crippen LogP contribution is 2.21. The first-order valence-corrected chi connectivity index (χ1v) is 5.26. The second-order valence-electron chi connectivity index (χ2n) is 3.65. The first kappa shape index (κ1) is 10.8. The van der Waals surface area contributed by atoms with Crippen LogP contribution in [0, 0.1) is 6.92 Å². The maximum atomic E-state index is 5.51. The molecule has 0 aliphatic heterocycles. The molecule has 2 rings (SSSR count). The van der Waals surface area contributed by atoms with E-state index in [0.29, 0.717) is 13.0 Å². The SMILES string of the molecule is COc1ccc2c(C)nc(CCN)nc2c1. The van der Waals surface area contributed by atoms with Crippen LogP contribution < -0.4 is 10.5 Å². The van der Waals surface area contributed by atoms with E-state index < -0.39 is 0 Å². The van der Waals surface area contributed by atoms with E-state index in [1.165, 1.54) is 0 Å². The van der Waals surface area contributed by atoms with Crippen molar-refractivity contribution >= 4 is 10.9 Å². The van der Waals surface area contributed by atoms with Gasteiger partial charge < -0.3 is 10.5 Å². The van der Waals surface area contributed by atoms with Crippen molar-refractivity contribution < 1.29 is 4.74 Å². The van der Waals surface area contributed by atoms with Crippen molar-refractivity contribution in [3.05, 3.63) is 29.7 Å². The first-order valence-electron chi connectivity index (χ1n) is 5.26. The third-order valence-corrected chi connectivity index (χ3v) is 2.51. The molecule has 2 N–H and O–H groups in total. The number of nitrogens with zero attached hydrogens (tertiary/aromatic N) is 2. The summed E-state index contributed by atoms with van der Waals surface area (Å²) in [4.78, 5) is 8.88. The Labute approximate surface area is 94.5 Å². The van der Waals surface area contributed by atoms with Crippen LogP contribution in [0.1, 0.15) is 11.5 Å². The lowest BCUT2D eigenvalue weighted by molar-refractivity contribution is 0.415. The molecule has 1 heterocycles. The van der Waals surface area contributed by atoms with Crippen LogP contribution in [-0.2, 0) is 6.42 Å². The number of rotatable bonds is 3. The van der Waals surface area contributed by atoms with Gasteiger partial charge in [0.1, 0.15) is 11.6 Å². The van der Waals surface area contributed by atoms with E-state index in [2.05, 4.69) is 9.97 Å². The zero-order chi connectivity index (χ0) is 11.5. The zero-order valence-electron chi connectivity index (χ0n) is 9.53. The molecule has 0 aliphatic carbocycles. The Morgan fingerprint density at radius 3 is 2.81 bits per heavy atom. The zero-order valence-corrected chi connectivity index (χ0v) is 9.53. The highest BCUT2D eigenvalue weighted by atomic mass is 16.5. The Balaban J connectivity index is 2.58. The molecule has 1 aromatic heterocycles. The maximum absolute atomic E-state index is 5.51. The van der Waals surface area contributed by atoms with E-state index in [1.807, 2.05) is 25.1 Å². The maximum Gasteiger partial charge on any atom is 0.130 e. The minimum Gasteiger partial charge on any atom is -0.497 e. The summed E-state index contributed by atoms with van der Waals surface area (Å²) in [6.07, 6.45) is 0.702. The van der Waals surface area contributed by atoms with Crippen LogP contribution >= 0.6 is 0 Å². The predicted octanol–water partition coefficient (Wildman–Crippen LogP) is 1.45. The molecule has 0 spiro atoms. The fourth-order valence-electron chi connectivity index (χ4n) is 1.70. The second kappa shape index (κ2) is 4.45. The van der Waals surface area contributed by atoms with Gasteiger partial charge in [-0.05, 0) is 25.6 Å². The van der Waals surface area contributed by atoms with Crippen molar-refractivity contribution in [1.29, 1.82) is 0 Å². The lowest BCUT2D eigenvalue weighted by atomic mass is 10.2. The predicted molar refractivity (Wildman–Crippen MR) is 63.6 cm³/mol. The number of nitrogens with two attached hydrogens (primary N) is 1. The van der Waals surface area contributed by atoms with Gasteiger partial charge in [-0.15, -0.1) is 0 Å². The van der Waals surface area contributed by atoms with Crippen LogP contribution in [0.3, 0.4) is 0 Å². The molecule has 0 atom stereocenters. The summed E-state index contributed by atoms with van der Waals surface area (Å²) < 4.78 is 5.18. The number of aromatic nitrogens is 2.